The molecule has 0 aromatic heterocycles. The maximum atomic E-state index is 13.7. The van der Waals surface area contributed by atoms with Gasteiger partial charge in [0.05, 0.1) is 51.8 Å². The molecule has 3 fully saturated rings. The van der Waals surface area contributed by atoms with Gasteiger partial charge in [-0.3, -0.25) is 9.69 Å². The maximum absolute atomic E-state index is 13.7. The Morgan fingerprint density at radius 2 is 1.55 bits per heavy atom. The zero-order valence-corrected chi connectivity index (χ0v) is 26.0. The minimum Gasteiger partial charge on any atom is -0.382 e. The molecule has 2 aliphatic carbocycles. The van der Waals surface area contributed by atoms with Gasteiger partial charge in [0.15, 0.2) is 0 Å². The number of benzene rings is 1. The second-order valence-electron chi connectivity index (χ2n) is 12.2. The fourth-order valence-corrected chi connectivity index (χ4v) is 6.69. The average Bonchev–Trinajstić information content (AvgIpc) is 3.21. The van der Waals surface area contributed by atoms with Crippen molar-refractivity contribution < 1.29 is 28.5 Å². The number of carbonyl (C=O) groups excluding carboxylic acids is 2. The molecule has 10 nitrogen and oxygen atoms in total. The molecule has 1 spiro atoms. The Labute approximate surface area is 252 Å². The predicted octanol–water partition coefficient (Wildman–Crippen LogP) is 3.11. The van der Waals surface area contributed by atoms with Gasteiger partial charge in [0.2, 0.25) is 5.91 Å². The Bertz CT molecular complexity index is 965. The Hall–Kier alpha value is -2.24. The van der Waals surface area contributed by atoms with E-state index < -0.39 is 0 Å². The normalized spacial score (nSPS) is 24.5. The molecule has 0 unspecified atom stereocenters. The topological polar surface area (TPSA) is 92.8 Å². The first-order valence-corrected chi connectivity index (χ1v) is 15.7. The number of carbonyl (C=O) groups is 2. The van der Waals surface area contributed by atoms with E-state index in [4.69, 9.17) is 18.9 Å². The molecule has 0 radical (unpaired) electrons. The summed E-state index contributed by atoms with van der Waals surface area (Å²) in [7, 11) is 5.99. The van der Waals surface area contributed by atoms with Gasteiger partial charge >= 0.3 is 6.03 Å². The zero-order valence-electron chi connectivity index (χ0n) is 26.0. The summed E-state index contributed by atoms with van der Waals surface area (Å²) in [5, 5.41) is 2.92. The van der Waals surface area contributed by atoms with Crippen molar-refractivity contribution in [2.75, 3.05) is 93.6 Å². The molecule has 236 valence electrons. The van der Waals surface area contributed by atoms with Crippen molar-refractivity contribution in [2.45, 2.75) is 56.0 Å². The van der Waals surface area contributed by atoms with Crippen molar-refractivity contribution >= 4 is 11.9 Å². The van der Waals surface area contributed by atoms with Gasteiger partial charge in [-0.1, -0.05) is 36.8 Å². The van der Waals surface area contributed by atoms with Crippen LogP contribution in [0.4, 0.5) is 4.79 Å². The highest BCUT2D eigenvalue weighted by Gasteiger charge is 2.55. The van der Waals surface area contributed by atoms with Crippen LogP contribution in [0.1, 0.15) is 50.5 Å². The van der Waals surface area contributed by atoms with Gasteiger partial charge in [-0.2, -0.15) is 0 Å². The summed E-state index contributed by atoms with van der Waals surface area (Å²) in [5.74, 6) is 0.443. The maximum Gasteiger partial charge on any atom is 0.321 e. The SMILES string of the molecule is COCCOCCOCCOCCNC(=O)CN1C[C@]2(CC[C@@](c3ccccc3)(N(C)C)CC2)N(CC2CCC2)C1=O. The second-order valence-corrected chi connectivity index (χ2v) is 12.2. The van der Waals surface area contributed by atoms with Crippen molar-refractivity contribution in [3.8, 4) is 0 Å². The van der Waals surface area contributed by atoms with Crippen LogP contribution < -0.4 is 5.32 Å². The lowest BCUT2D eigenvalue weighted by molar-refractivity contribution is -0.121. The molecular weight excluding hydrogens is 536 g/mol. The fourth-order valence-electron chi connectivity index (χ4n) is 6.69. The van der Waals surface area contributed by atoms with E-state index >= 15 is 0 Å². The third-order valence-corrected chi connectivity index (χ3v) is 9.48. The Kier molecular flexibility index (Phi) is 12.5. The van der Waals surface area contributed by atoms with Crippen LogP contribution in [-0.2, 0) is 29.3 Å². The molecule has 4 rings (SSSR count). The van der Waals surface area contributed by atoms with Crippen molar-refractivity contribution in [1.29, 1.82) is 0 Å². The van der Waals surface area contributed by atoms with Crippen molar-refractivity contribution in [1.82, 2.24) is 20.0 Å². The largest absolute Gasteiger partial charge is 0.382 e. The smallest absolute Gasteiger partial charge is 0.321 e. The van der Waals surface area contributed by atoms with Crippen LogP contribution in [0.25, 0.3) is 0 Å². The average molecular weight is 589 g/mol. The van der Waals surface area contributed by atoms with Gasteiger partial charge in [-0.05, 0) is 64.1 Å². The van der Waals surface area contributed by atoms with Crippen LogP contribution in [-0.4, -0.2) is 126 Å². The summed E-state index contributed by atoms with van der Waals surface area (Å²) >= 11 is 0. The van der Waals surface area contributed by atoms with Crippen LogP contribution >= 0.6 is 0 Å². The summed E-state index contributed by atoms with van der Waals surface area (Å²) in [6.45, 7) is 5.42. The number of ether oxygens (including phenoxy) is 4. The third-order valence-electron chi connectivity index (χ3n) is 9.48. The number of nitrogens with zero attached hydrogens (tertiary/aromatic N) is 3. The summed E-state index contributed by atoms with van der Waals surface area (Å²) in [4.78, 5) is 32.9. The summed E-state index contributed by atoms with van der Waals surface area (Å²) < 4.78 is 21.3. The van der Waals surface area contributed by atoms with E-state index in [0.29, 0.717) is 65.3 Å². The molecule has 10 heteroatoms. The highest BCUT2D eigenvalue weighted by Crippen LogP contribution is 2.49. The predicted molar refractivity (Wildman–Crippen MR) is 161 cm³/mol. The zero-order chi connectivity index (χ0) is 29.8. The molecule has 1 heterocycles. The van der Waals surface area contributed by atoms with Crippen LogP contribution in [0, 0.1) is 5.92 Å². The van der Waals surface area contributed by atoms with Crippen LogP contribution in [0.5, 0.6) is 0 Å². The fraction of sp³-hybridized carbons (Fsp3) is 0.750. The van der Waals surface area contributed by atoms with Gasteiger partial charge in [0, 0.05) is 32.3 Å². The van der Waals surface area contributed by atoms with Crippen LogP contribution in [0.3, 0.4) is 0 Å². The number of amides is 3. The highest BCUT2D eigenvalue weighted by molar-refractivity contribution is 5.86. The Morgan fingerprint density at radius 1 is 0.929 bits per heavy atom. The van der Waals surface area contributed by atoms with Gasteiger partial charge in [0.1, 0.15) is 6.54 Å². The number of nitrogens with one attached hydrogen (secondary N) is 1. The molecule has 3 aliphatic rings. The molecule has 2 saturated carbocycles. The van der Waals surface area contributed by atoms with Gasteiger partial charge in [-0.15, -0.1) is 0 Å². The van der Waals surface area contributed by atoms with E-state index in [1.54, 1.807) is 12.0 Å². The highest BCUT2D eigenvalue weighted by atomic mass is 16.6. The van der Waals surface area contributed by atoms with Gasteiger partial charge in [-0.25, -0.2) is 4.79 Å². The minimum atomic E-state index is -0.209. The first-order chi connectivity index (χ1) is 20.4. The molecule has 0 bridgehead atoms. The van der Waals surface area contributed by atoms with Crippen LogP contribution in [0.15, 0.2) is 30.3 Å². The van der Waals surface area contributed by atoms with Crippen molar-refractivity contribution in [3.63, 3.8) is 0 Å². The van der Waals surface area contributed by atoms with Crippen LogP contribution in [0.2, 0.25) is 0 Å². The van der Waals surface area contributed by atoms with Gasteiger partial charge in [0.25, 0.3) is 0 Å². The van der Waals surface area contributed by atoms with E-state index in [2.05, 4.69) is 59.5 Å². The molecule has 1 saturated heterocycles. The Morgan fingerprint density at radius 3 is 2.12 bits per heavy atom. The molecule has 1 N–H and O–H groups in total. The lowest BCUT2D eigenvalue weighted by atomic mass is 9.68. The molecule has 42 heavy (non-hydrogen) atoms. The lowest BCUT2D eigenvalue weighted by Gasteiger charge is -2.51. The number of hydrogen-bond acceptors (Lipinski definition) is 7. The monoisotopic (exact) mass is 588 g/mol. The quantitative estimate of drug-likeness (QED) is 0.264. The van der Waals surface area contributed by atoms with Gasteiger partial charge < -0.3 is 34.1 Å². The number of methoxy groups -OCH3 is 1. The van der Waals surface area contributed by atoms with Crippen molar-refractivity contribution in [2.24, 2.45) is 5.92 Å². The first-order valence-electron chi connectivity index (χ1n) is 15.7. The molecule has 1 aromatic carbocycles. The molecule has 3 amide bonds. The molecule has 1 aromatic rings. The number of rotatable bonds is 18. The first kappa shape index (κ1) is 32.7. The Balaban J connectivity index is 1.24. The molecular formula is C32H52N4O6. The summed E-state index contributed by atoms with van der Waals surface area (Å²) in [6, 6.07) is 10.8. The number of urea groups is 1. The van der Waals surface area contributed by atoms with E-state index in [0.717, 1.165) is 32.2 Å². The summed E-state index contributed by atoms with van der Waals surface area (Å²) in [6.07, 6.45) is 7.48. The second kappa shape index (κ2) is 16.0. The molecule has 0 atom stereocenters. The van der Waals surface area contributed by atoms with E-state index in [1.807, 2.05) is 0 Å². The number of hydrogen-bond donors (Lipinski definition) is 1. The van der Waals surface area contributed by atoms with E-state index in [-0.39, 0.29) is 29.6 Å². The standard InChI is InChI=1S/C32H52N4O6/c1-34(2)32(28-10-5-4-6-11-28)14-12-31(13-15-32)26-35(30(38)36(31)24-27-8-7-9-27)25-29(37)33-16-17-40-20-21-42-23-22-41-19-18-39-3/h4-6,10-11,27H,7-9,12-26H2,1-3H3,(H,33,37)/t31-,32-. The summed E-state index contributed by atoms with van der Waals surface area (Å²) in [5.41, 5.74) is 1.10. The van der Waals surface area contributed by atoms with E-state index in [1.165, 1.54) is 24.8 Å². The minimum absolute atomic E-state index is 0.0220. The third kappa shape index (κ3) is 8.23. The lowest BCUT2D eigenvalue weighted by Crippen LogP contribution is -2.56. The van der Waals surface area contributed by atoms with Crippen molar-refractivity contribution in [3.05, 3.63) is 35.9 Å². The molecule has 1 aliphatic heterocycles. The van der Waals surface area contributed by atoms with E-state index in [9.17, 15) is 9.59 Å².